The summed E-state index contributed by atoms with van der Waals surface area (Å²) in [6.07, 6.45) is 2.00. The number of amides is 1. The summed E-state index contributed by atoms with van der Waals surface area (Å²) in [4.78, 5) is 30.4. The fraction of sp³-hybridized carbons (Fsp3) is 0.333. The molecule has 0 saturated heterocycles. The van der Waals surface area contributed by atoms with Crippen molar-refractivity contribution in [2.75, 3.05) is 12.9 Å². The Morgan fingerprint density at radius 3 is 2.74 bits per heavy atom. The van der Waals surface area contributed by atoms with Crippen LogP contribution in [0.2, 0.25) is 0 Å². The SMILES string of the molecule is CCOC(=O)Cn1c(=NC(=O)c2cc(C)n(C)n2)sc2cc(SC)ccc21. The zero-order valence-electron chi connectivity index (χ0n) is 15.6. The van der Waals surface area contributed by atoms with Gasteiger partial charge in [0.2, 0.25) is 0 Å². The summed E-state index contributed by atoms with van der Waals surface area (Å²) >= 11 is 3.00. The van der Waals surface area contributed by atoms with Crippen LogP contribution in [-0.4, -0.2) is 39.1 Å². The van der Waals surface area contributed by atoms with Gasteiger partial charge in [-0.3, -0.25) is 14.3 Å². The first kappa shape index (κ1) is 19.4. The summed E-state index contributed by atoms with van der Waals surface area (Å²) in [5.74, 6) is -0.804. The van der Waals surface area contributed by atoms with Crippen molar-refractivity contribution < 1.29 is 14.3 Å². The maximum atomic E-state index is 12.6. The molecule has 0 aliphatic carbocycles. The number of hydrogen-bond acceptors (Lipinski definition) is 6. The summed E-state index contributed by atoms with van der Waals surface area (Å²) in [6, 6.07) is 7.64. The molecular weight excluding hydrogens is 384 g/mol. The van der Waals surface area contributed by atoms with Crippen LogP contribution in [0.15, 0.2) is 34.2 Å². The predicted molar refractivity (Wildman–Crippen MR) is 106 cm³/mol. The summed E-state index contributed by atoms with van der Waals surface area (Å²) in [5.41, 5.74) is 1.99. The summed E-state index contributed by atoms with van der Waals surface area (Å²) in [5, 5.41) is 4.18. The van der Waals surface area contributed by atoms with Gasteiger partial charge in [-0.2, -0.15) is 10.1 Å². The minimum atomic E-state index is -0.437. The minimum Gasteiger partial charge on any atom is -0.465 e. The minimum absolute atomic E-state index is 0.000185. The highest BCUT2D eigenvalue weighted by atomic mass is 32.2. The van der Waals surface area contributed by atoms with Crippen molar-refractivity contribution in [3.05, 3.63) is 40.5 Å². The Hall–Kier alpha value is -2.39. The Kier molecular flexibility index (Phi) is 5.81. The molecule has 1 aromatic carbocycles. The number of rotatable bonds is 5. The second-order valence-electron chi connectivity index (χ2n) is 5.82. The molecule has 1 amide bonds. The number of thioether (sulfide) groups is 1. The van der Waals surface area contributed by atoms with Crippen molar-refractivity contribution in [2.24, 2.45) is 12.0 Å². The third-order valence-corrected chi connectivity index (χ3v) is 5.78. The molecule has 142 valence electrons. The molecule has 0 spiro atoms. The van der Waals surface area contributed by atoms with E-state index in [1.54, 1.807) is 41.0 Å². The van der Waals surface area contributed by atoms with Crippen molar-refractivity contribution >= 4 is 45.2 Å². The molecule has 27 heavy (non-hydrogen) atoms. The number of carbonyl (C=O) groups is 2. The second kappa shape index (κ2) is 8.10. The first-order valence-electron chi connectivity index (χ1n) is 8.35. The number of aromatic nitrogens is 3. The number of fused-ring (bicyclic) bond motifs is 1. The molecule has 0 fully saturated rings. The molecule has 3 rings (SSSR count). The number of esters is 1. The van der Waals surface area contributed by atoms with Crippen LogP contribution < -0.4 is 4.80 Å². The Morgan fingerprint density at radius 2 is 2.11 bits per heavy atom. The van der Waals surface area contributed by atoms with E-state index in [9.17, 15) is 9.59 Å². The van der Waals surface area contributed by atoms with Crippen LogP contribution in [0, 0.1) is 6.92 Å². The van der Waals surface area contributed by atoms with E-state index in [2.05, 4.69) is 10.1 Å². The van der Waals surface area contributed by atoms with Gasteiger partial charge < -0.3 is 9.30 Å². The van der Waals surface area contributed by atoms with Crippen molar-refractivity contribution in [2.45, 2.75) is 25.3 Å². The highest BCUT2D eigenvalue weighted by Gasteiger charge is 2.15. The van der Waals surface area contributed by atoms with Crippen LogP contribution >= 0.6 is 23.1 Å². The van der Waals surface area contributed by atoms with Gasteiger partial charge in [-0.15, -0.1) is 11.8 Å². The fourth-order valence-electron chi connectivity index (χ4n) is 2.56. The van der Waals surface area contributed by atoms with Gasteiger partial charge in [0.25, 0.3) is 5.91 Å². The predicted octanol–water partition coefficient (Wildman–Crippen LogP) is 2.77. The lowest BCUT2D eigenvalue weighted by Crippen LogP contribution is -2.23. The number of ether oxygens (including phenoxy) is 1. The lowest BCUT2D eigenvalue weighted by atomic mass is 10.3. The van der Waals surface area contributed by atoms with E-state index in [4.69, 9.17) is 4.74 Å². The third kappa shape index (κ3) is 4.14. The van der Waals surface area contributed by atoms with E-state index in [1.165, 1.54) is 11.3 Å². The molecule has 3 aromatic rings. The molecular formula is C18H20N4O3S2. The molecule has 9 heteroatoms. The van der Waals surface area contributed by atoms with Crippen molar-refractivity contribution in [3.63, 3.8) is 0 Å². The summed E-state index contributed by atoms with van der Waals surface area (Å²) in [7, 11) is 1.77. The van der Waals surface area contributed by atoms with E-state index < -0.39 is 5.91 Å². The van der Waals surface area contributed by atoms with E-state index in [-0.39, 0.29) is 18.2 Å². The smallest absolute Gasteiger partial charge is 0.326 e. The van der Waals surface area contributed by atoms with Gasteiger partial charge in [0.1, 0.15) is 6.54 Å². The fourth-order valence-corrected chi connectivity index (χ4v) is 4.15. The van der Waals surface area contributed by atoms with Crippen molar-refractivity contribution in [3.8, 4) is 0 Å². The first-order valence-corrected chi connectivity index (χ1v) is 10.4. The quantitative estimate of drug-likeness (QED) is 0.483. The largest absolute Gasteiger partial charge is 0.465 e. The van der Waals surface area contributed by atoms with Crippen LogP contribution in [0.4, 0.5) is 0 Å². The summed E-state index contributed by atoms with van der Waals surface area (Å²) in [6.45, 7) is 3.93. The van der Waals surface area contributed by atoms with Gasteiger partial charge in [-0.05, 0) is 44.4 Å². The first-order chi connectivity index (χ1) is 12.9. The van der Waals surface area contributed by atoms with Crippen LogP contribution in [0.3, 0.4) is 0 Å². The van der Waals surface area contributed by atoms with E-state index >= 15 is 0 Å². The highest BCUT2D eigenvalue weighted by molar-refractivity contribution is 7.98. The van der Waals surface area contributed by atoms with E-state index in [0.29, 0.717) is 11.4 Å². The number of benzene rings is 1. The van der Waals surface area contributed by atoms with Gasteiger partial charge >= 0.3 is 5.97 Å². The molecule has 7 nitrogen and oxygen atoms in total. The molecule has 2 aromatic heterocycles. The average Bonchev–Trinajstić information content (AvgIpc) is 3.15. The van der Waals surface area contributed by atoms with Crippen molar-refractivity contribution in [1.82, 2.24) is 14.3 Å². The van der Waals surface area contributed by atoms with Crippen LogP contribution in [-0.2, 0) is 23.1 Å². The number of thiazole rings is 1. The van der Waals surface area contributed by atoms with Gasteiger partial charge in [0, 0.05) is 17.6 Å². The third-order valence-electron chi connectivity index (χ3n) is 4.01. The Labute approximate surface area is 164 Å². The van der Waals surface area contributed by atoms with Crippen LogP contribution in [0.5, 0.6) is 0 Å². The maximum Gasteiger partial charge on any atom is 0.326 e. The highest BCUT2D eigenvalue weighted by Crippen LogP contribution is 2.24. The Bertz CT molecular complexity index is 1060. The van der Waals surface area contributed by atoms with Crippen LogP contribution in [0.25, 0.3) is 10.2 Å². The molecule has 0 aliphatic heterocycles. The molecule has 0 aliphatic rings. The maximum absolute atomic E-state index is 12.6. The Morgan fingerprint density at radius 1 is 1.33 bits per heavy atom. The van der Waals surface area contributed by atoms with Gasteiger partial charge in [0.05, 0.1) is 16.8 Å². The molecule has 0 saturated carbocycles. The van der Waals surface area contributed by atoms with Gasteiger partial charge in [-0.25, -0.2) is 0 Å². The number of carbonyl (C=O) groups excluding carboxylic acids is 2. The Balaban J connectivity index is 2.11. The van der Waals surface area contributed by atoms with E-state index in [0.717, 1.165) is 20.8 Å². The number of aryl methyl sites for hydroxylation is 2. The molecule has 0 unspecified atom stereocenters. The standard InChI is InChI=1S/C18H20N4O3S2/c1-5-25-16(23)10-22-14-7-6-12(26-4)9-15(14)27-18(22)19-17(24)13-8-11(2)21(3)20-13/h6-9H,5,10H2,1-4H3. The zero-order chi connectivity index (χ0) is 19.6. The molecule has 0 atom stereocenters. The molecule has 0 N–H and O–H groups in total. The lowest BCUT2D eigenvalue weighted by Gasteiger charge is -2.05. The average molecular weight is 405 g/mol. The van der Waals surface area contributed by atoms with Crippen molar-refractivity contribution in [1.29, 1.82) is 0 Å². The normalized spacial score (nSPS) is 11.9. The molecule has 0 bridgehead atoms. The zero-order valence-corrected chi connectivity index (χ0v) is 17.2. The van der Waals surface area contributed by atoms with Gasteiger partial charge in [0.15, 0.2) is 10.5 Å². The monoisotopic (exact) mass is 404 g/mol. The molecule has 2 heterocycles. The molecule has 0 radical (unpaired) electrons. The topological polar surface area (TPSA) is 78.5 Å². The summed E-state index contributed by atoms with van der Waals surface area (Å²) < 4.78 is 9.37. The van der Waals surface area contributed by atoms with Crippen LogP contribution in [0.1, 0.15) is 23.1 Å². The number of nitrogens with zero attached hydrogens (tertiary/aromatic N) is 4. The second-order valence-corrected chi connectivity index (χ2v) is 7.71. The number of hydrogen-bond donors (Lipinski definition) is 0. The van der Waals surface area contributed by atoms with E-state index in [1.807, 2.05) is 31.4 Å². The van der Waals surface area contributed by atoms with Gasteiger partial charge in [-0.1, -0.05) is 11.3 Å². The lowest BCUT2D eigenvalue weighted by molar-refractivity contribution is -0.143.